The zero-order valence-electron chi connectivity index (χ0n) is 14.1. The first kappa shape index (κ1) is 19.7. The van der Waals surface area contributed by atoms with Gasteiger partial charge >= 0.3 is 6.09 Å². The number of rotatable bonds is 5. The lowest BCUT2D eigenvalue weighted by molar-refractivity contribution is -0.384. The average molecular weight is 341 g/mol. The van der Waals surface area contributed by atoms with Crippen LogP contribution in [0, 0.1) is 17.0 Å². The highest BCUT2D eigenvalue weighted by molar-refractivity contribution is 5.67. The van der Waals surface area contributed by atoms with E-state index in [2.05, 4.69) is 5.32 Å². The van der Waals surface area contributed by atoms with Crippen molar-refractivity contribution in [3.05, 3.63) is 33.4 Å². The van der Waals surface area contributed by atoms with Crippen LogP contribution in [0.4, 0.5) is 16.2 Å². The quantitative estimate of drug-likeness (QED) is 0.359. The minimum Gasteiger partial charge on any atom is -0.444 e. The number of nitrogen functional groups attached to an aromatic ring is 1. The topological polar surface area (TPSA) is 148 Å². The number of nitro benzene ring substituents is 1. The molecular formula is C15H23N3O6. The number of nitrogens with one attached hydrogen (secondary N) is 1. The molecule has 1 aromatic rings. The molecule has 0 fully saturated rings. The molecule has 0 radical (unpaired) electrons. The number of nitro groups is 1. The Bertz CT molecular complexity index is 626. The molecule has 0 heterocycles. The molecule has 1 amide bonds. The number of nitrogens with two attached hydrogens (primary N) is 1. The maximum Gasteiger partial charge on any atom is 0.407 e. The van der Waals surface area contributed by atoms with Gasteiger partial charge in [-0.05, 0) is 38.8 Å². The SMILES string of the molecule is Cc1cc(C(O)C(O)CNC(=O)OC(C)(C)C)cc([N+](=O)[O-])c1N. The molecule has 0 aliphatic heterocycles. The fourth-order valence-electron chi connectivity index (χ4n) is 1.96. The Morgan fingerprint density at radius 3 is 2.50 bits per heavy atom. The predicted octanol–water partition coefficient (Wildman–Crippen LogP) is 1.40. The molecule has 24 heavy (non-hydrogen) atoms. The van der Waals surface area contributed by atoms with Crippen LogP contribution in [-0.2, 0) is 4.74 Å². The van der Waals surface area contributed by atoms with E-state index in [9.17, 15) is 25.1 Å². The van der Waals surface area contributed by atoms with Gasteiger partial charge in [0.2, 0.25) is 0 Å². The summed E-state index contributed by atoms with van der Waals surface area (Å²) in [6.45, 7) is 6.34. The van der Waals surface area contributed by atoms with Gasteiger partial charge in [-0.2, -0.15) is 0 Å². The summed E-state index contributed by atoms with van der Waals surface area (Å²) >= 11 is 0. The second kappa shape index (κ2) is 7.45. The Balaban J connectivity index is 2.81. The zero-order valence-corrected chi connectivity index (χ0v) is 14.1. The largest absolute Gasteiger partial charge is 0.444 e. The van der Waals surface area contributed by atoms with Crippen LogP contribution < -0.4 is 11.1 Å². The van der Waals surface area contributed by atoms with E-state index in [-0.39, 0.29) is 23.5 Å². The van der Waals surface area contributed by atoms with E-state index < -0.39 is 28.8 Å². The van der Waals surface area contributed by atoms with Crippen molar-refractivity contribution in [3.8, 4) is 0 Å². The molecule has 0 bridgehead atoms. The standard InChI is InChI=1S/C15H23N3O6/c1-8-5-9(6-10(12(8)16)18(22)23)13(20)11(19)7-17-14(21)24-15(2,3)4/h5-6,11,13,19-20H,7,16H2,1-4H3,(H,17,21). The van der Waals surface area contributed by atoms with Crippen LogP contribution in [0.1, 0.15) is 38.0 Å². The van der Waals surface area contributed by atoms with Gasteiger partial charge in [-0.15, -0.1) is 0 Å². The van der Waals surface area contributed by atoms with Crippen LogP contribution in [0.2, 0.25) is 0 Å². The smallest absolute Gasteiger partial charge is 0.407 e. The molecule has 5 N–H and O–H groups in total. The number of benzene rings is 1. The molecule has 1 aromatic carbocycles. The van der Waals surface area contributed by atoms with Crippen molar-refractivity contribution in [2.24, 2.45) is 0 Å². The number of anilines is 1. The van der Waals surface area contributed by atoms with Crippen molar-refractivity contribution in [1.29, 1.82) is 0 Å². The third kappa shape index (κ3) is 5.36. The summed E-state index contributed by atoms with van der Waals surface area (Å²) in [7, 11) is 0. The molecule has 2 atom stereocenters. The summed E-state index contributed by atoms with van der Waals surface area (Å²) in [4.78, 5) is 21.8. The Hall–Kier alpha value is -2.39. The van der Waals surface area contributed by atoms with Gasteiger partial charge in [0, 0.05) is 12.6 Å². The van der Waals surface area contributed by atoms with E-state index in [1.165, 1.54) is 6.07 Å². The maximum absolute atomic E-state index is 11.5. The highest BCUT2D eigenvalue weighted by Crippen LogP contribution is 2.30. The second-order valence-electron chi connectivity index (χ2n) is 6.42. The molecule has 0 aromatic heterocycles. The zero-order chi connectivity index (χ0) is 18.7. The summed E-state index contributed by atoms with van der Waals surface area (Å²) in [6.07, 6.45) is -3.55. The van der Waals surface area contributed by atoms with Crippen LogP contribution >= 0.6 is 0 Å². The fourth-order valence-corrected chi connectivity index (χ4v) is 1.96. The average Bonchev–Trinajstić information content (AvgIpc) is 2.44. The molecular weight excluding hydrogens is 318 g/mol. The molecule has 9 heteroatoms. The van der Waals surface area contributed by atoms with Gasteiger partial charge < -0.3 is 26.0 Å². The van der Waals surface area contributed by atoms with Crippen LogP contribution in [0.15, 0.2) is 12.1 Å². The normalized spacial score (nSPS) is 13.9. The first-order chi connectivity index (χ1) is 10.9. The Morgan fingerprint density at radius 1 is 1.42 bits per heavy atom. The highest BCUT2D eigenvalue weighted by Gasteiger charge is 2.24. The highest BCUT2D eigenvalue weighted by atomic mass is 16.6. The van der Waals surface area contributed by atoms with Gasteiger partial charge in [0.25, 0.3) is 5.69 Å². The van der Waals surface area contributed by atoms with Gasteiger partial charge in [0.1, 0.15) is 23.5 Å². The number of carbonyl (C=O) groups excluding carboxylic acids is 1. The van der Waals surface area contributed by atoms with E-state index in [1.54, 1.807) is 27.7 Å². The predicted molar refractivity (Wildman–Crippen MR) is 87.4 cm³/mol. The van der Waals surface area contributed by atoms with Crippen molar-refractivity contribution in [2.75, 3.05) is 12.3 Å². The molecule has 134 valence electrons. The number of nitrogens with zero attached hydrogens (tertiary/aromatic N) is 1. The van der Waals surface area contributed by atoms with Crippen LogP contribution in [-0.4, -0.2) is 39.5 Å². The number of aliphatic hydroxyl groups is 2. The third-order valence-corrected chi connectivity index (χ3v) is 3.14. The number of aliphatic hydroxyl groups excluding tert-OH is 2. The molecule has 0 aliphatic carbocycles. The van der Waals surface area contributed by atoms with E-state index in [1.807, 2.05) is 0 Å². The number of ether oxygens (including phenoxy) is 1. The lowest BCUT2D eigenvalue weighted by Gasteiger charge is -2.22. The number of hydrogen-bond acceptors (Lipinski definition) is 7. The first-order valence-electron chi connectivity index (χ1n) is 7.29. The van der Waals surface area contributed by atoms with Gasteiger partial charge in [-0.3, -0.25) is 10.1 Å². The van der Waals surface area contributed by atoms with Crippen LogP contribution in [0.5, 0.6) is 0 Å². The maximum atomic E-state index is 11.5. The summed E-state index contributed by atoms with van der Waals surface area (Å²) in [6, 6.07) is 2.55. The summed E-state index contributed by atoms with van der Waals surface area (Å²) in [5.41, 5.74) is 5.12. The van der Waals surface area contributed by atoms with E-state index in [0.717, 1.165) is 6.07 Å². The monoisotopic (exact) mass is 341 g/mol. The van der Waals surface area contributed by atoms with E-state index in [4.69, 9.17) is 10.5 Å². The lowest BCUT2D eigenvalue weighted by Crippen LogP contribution is -2.38. The summed E-state index contributed by atoms with van der Waals surface area (Å²) < 4.78 is 5.01. The van der Waals surface area contributed by atoms with Crippen molar-refractivity contribution >= 4 is 17.5 Å². The number of alkyl carbamates (subject to hydrolysis) is 1. The van der Waals surface area contributed by atoms with Crippen molar-refractivity contribution in [1.82, 2.24) is 5.32 Å². The minimum absolute atomic E-state index is 0.00248. The molecule has 0 saturated heterocycles. The fraction of sp³-hybridized carbons (Fsp3) is 0.533. The van der Waals surface area contributed by atoms with Crippen molar-refractivity contribution in [2.45, 2.75) is 45.5 Å². The molecule has 0 spiro atoms. The molecule has 0 aliphatic rings. The Kier molecular flexibility index (Phi) is 6.10. The lowest BCUT2D eigenvalue weighted by atomic mass is 10.00. The second-order valence-corrected chi connectivity index (χ2v) is 6.42. The van der Waals surface area contributed by atoms with Gasteiger partial charge in [0.15, 0.2) is 0 Å². The number of carbonyl (C=O) groups is 1. The van der Waals surface area contributed by atoms with Crippen molar-refractivity contribution in [3.63, 3.8) is 0 Å². The Labute approximate surface area is 139 Å². The number of amides is 1. The van der Waals surface area contributed by atoms with Gasteiger partial charge in [-0.25, -0.2) is 4.79 Å². The van der Waals surface area contributed by atoms with Gasteiger partial charge in [-0.1, -0.05) is 6.07 Å². The molecule has 0 saturated carbocycles. The number of hydrogen-bond donors (Lipinski definition) is 4. The van der Waals surface area contributed by atoms with Crippen LogP contribution in [0.3, 0.4) is 0 Å². The minimum atomic E-state index is -1.43. The summed E-state index contributed by atoms with van der Waals surface area (Å²) in [5, 5.41) is 33.4. The van der Waals surface area contributed by atoms with E-state index in [0.29, 0.717) is 5.56 Å². The molecule has 9 nitrogen and oxygen atoms in total. The van der Waals surface area contributed by atoms with Gasteiger partial charge in [0.05, 0.1) is 4.92 Å². The third-order valence-electron chi connectivity index (χ3n) is 3.14. The van der Waals surface area contributed by atoms with E-state index >= 15 is 0 Å². The molecule has 2 unspecified atom stereocenters. The number of aryl methyl sites for hydroxylation is 1. The molecule has 1 rings (SSSR count). The summed E-state index contributed by atoms with van der Waals surface area (Å²) in [5.74, 6) is 0. The Morgan fingerprint density at radius 2 is 2.00 bits per heavy atom. The van der Waals surface area contributed by atoms with Crippen LogP contribution in [0.25, 0.3) is 0 Å². The first-order valence-corrected chi connectivity index (χ1v) is 7.29. The van der Waals surface area contributed by atoms with Crippen molar-refractivity contribution < 1.29 is 24.7 Å².